The van der Waals surface area contributed by atoms with Crippen molar-refractivity contribution in [1.82, 2.24) is 30.6 Å². The maximum atomic E-state index is 12.4. The fraction of sp³-hybridized carbons (Fsp3) is 0.556. The van der Waals surface area contributed by atoms with Gasteiger partial charge < -0.3 is 10.6 Å². The van der Waals surface area contributed by atoms with Crippen molar-refractivity contribution < 1.29 is 4.79 Å². The minimum absolute atomic E-state index is 0. The van der Waals surface area contributed by atoms with Gasteiger partial charge in [-0.1, -0.05) is 25.1 Å². The number of piperidine rings is 1. The van der Waals surface area contributed by atoms with Gasteiger partial charge in [-0.2, -0.15) is 0 Å². The lowest BCUT2D eigenvalue weighted by molar-refractivity contribution is 0.0944. The van der Waals surface area contributed by atoms with Crippen molar-refractivity contribution in [3.05, 3.63) is 42.0 Å². The van der Waals surface area contributed by atoms with Gasteiger partial charge in [-0.3, -0.25) is 9.78 Å². The van der Waals surface area contributed by atoms with Gasteiger partial charge in [0.1, 0.15) is 0 Å². The highest BCUT2D eigenvalue weighted by Crippen LogP contribution is 2.23. The van der Waals surface area contributed by atoms with E-state index >= 15 is 0 Å². The van der Waals surface area contributed by atoms with Crippen LogP contribution in [0.3, 0.4) is 0 Å². The highest BCUT2D eigenvalue weighted by Gasteiger charge is 2.21. The van der Waals surface area contributed by atoms with E-state index in [4.69, 9.17) is 0 Å². The number of aromatic nitrogens is 4. The van der Waals surface area contributed by atoms with E-state index in [2.05, 4.69) is 45.8 Å². The van der Waals surface area contributed by atoms with Crippen molar-refractivity contribution in [2.75, 3.05) is 19.6 Å². The van der Waals surface area contributed by atoms with Crippen LogP contribution in [0.4, 0.5) is 0 Å². The van der Waals surface area contributed by atoms with Crippen LogP contribution in [0, 0.1) is 5.92 Å². The first-order valence-electron chi connectivity index (χ1n) is 8.96. The second-order valence-corrected chi connectivity index (χ2v) is 6.91. The molecule has 1 atom stereocenters. The zero-order chi connectivity index (χ0) is 17.6. The number of carbonyl (C=O) groups is 1. The van der Waals surface area contributed by atoms with Crippen LogP contribution in [0.25, 0.3) is 0 Å². The first-order chi connectivity index (χ1) is 12.1. The van der Waals surface area contributed by atoms with Gasteiger partial charge in [0, 0.05) is 24.9 Å². The summed E-state index contributed by atoms with van der Waals surface area (Å²) in [5.74, 6) is 0.446. The average Bonchev–Trinajstić information content (AvgIpc) is 3.13. The van der Waals surface area contributed by atoms with Crippen molar-refractivity contribution in [3.8, 4) is 0 Å². The quantitative estimate of drug-likeness (QED) is 0.758. The van der Waals surface area contributed by atoms with E-state index in [0.29, 0.717) is 24.2 Å². The topological polar surface area (TPSA) is 84.7 Å². The summed E-state index contributed by atoms with van der Waals surface area (Å²) in [6.07, 6.45) is 7.42. The lowest BCUT2D eigenvalue weighted by Gasteiger charge is -2.22. The molecule has 27 heavy (non-hydrogen) atoms. The highest BCUT2D eigenvalue weighted by molar-refractivity contribution is 5.91. The Hall–Kier alpha value is -1.70. The van der Waals surface area contributed by atoms with Crippen LogP contribution in [-0.4, -0.2) is 45.5 Å². The molecule has 0 spiro atoms. The van der Waals surface area contributed by atoms with Gasteiger partial charge in [0.25, 0.3) is 5.91 Å². The summed E-state index contributed by atoms with van der Waals surface area (Å²) in [7, 11) is 0. The molecule has 1 aliphatic heterocycles. The second-order valence-electron chi connectivity index (χ2n) is 6.91. The van der Waals surface area contributed by atoms with Crippen molar-refractivity contribution in [2.24, 2.45) is 5.92 Å². The van der Waals surface area contributed by atoms with Crippen LogP contribution in [0.15, 0.2) is 30.7 Å². The van der Waals surface area contributed by atoms with E-state index in [1.165, 1.54) is 0 Å². The van der Waals surface area contributed by atoms with E-state index in [9.17, 15) is 4.79 Å². The molecule has 2 N–H and O–H groups in total. The molecule has 0 saturated carbocycles. The van der Waals surface area contributed by atoms with Crippen LogP contribution < -0.4 is 10.6 Å². The fourth-order valence-electron chi connectivity index (χ4n) is 3.26. The third-order valence-electron chi connectivity index (χ3n) is 4.83. The number of pyridine rings is 1. The van der Waals surface area contributed by atoms with E-state index < -0.39 is 0 Å². The molecule has 3 heterocycles. The lowest BCUT2D eigenvalue weighted by Crippen LogP contribution is -2.31. The highest BCUT2D eigenvalue weighted by atomic mass is 35.5. The Morgan fingerprint density at radius 3 is 2.70 bits per heavy atom. The first kappa shape index (κ1) is 23.3. The minimum atomic E-state index is -0.172. The Kier molecular flexibility index (Phi) is 9.69. The maximum absolute atomic E-state index is 12.4. The summed E-state index contributed by atoms with van der Waals surface area (Å²) in [6, 6.07) is 4.31. The Morgan fingerprint density at radius 2 is 2.07 bits per heavy atom. The normalized spacial score (nSPS) is 15.5. The largest absolute Gasteiger partial charge is 0.350 e. The summed E-state index contributed by atoms with van der Waals surface area (Å²) < 4.78 is 1.83. The number of nitrogens with zero attached hydrogens (tertiary/aromatic N) is 4. The van der Waals surface area contributed by atoms with Crippen molar-refractivity contribution >= 4 is 30.7 Å². The molecule has 1 unspecified atom stereocenters. The number of hydrogen-bond acceptors (Lipinski definition) is 5. The summed E-state index contributed by atoms with van der Waals surface area (Å²) in [5, 5.41) is 14.5. The summed E-state index contributed by atoms with van der Waals surface area (Å²) in [4.78, 5) is 16.6. The Labute approximate surface area is 172 Å². The molecule has 1 fully saturated rings. The second kappa shape index (κ2) is 11.2. The monoisotopic (exact) mass is 414 g/mol. The number of hydrogen-bond donors (Lipinski definition) is 2. The van der Waals surface area contributed by atoms with E-state index in [1.54, 1.807) is 12.4 Å². The first-order valence-corrected chi connectivity index (χ1v) is 8.96. The summed E-state index contributed by atoms with van der Waals surface area (Å²) >= 11 is 0. The smallest absolute Gasteiger partial charge is 0.273 e. The van der Waals surface area contributed by atoms with Gasteiger partial charge in [-0.25, -0.2) is 4.68 Å². The summed E-state index contributed by atoms with van der Waals surface area (Å²) in [5.41, 5.74) is 1.52. The molecular weight excluding hydrogens is 387 g/mol. The summed E-state index contributed by atoms with van der Waals surface area (Å²) in [6.45, 7) is 6.82. The van der Waals surface area contributed by atoms with E-state index in [-0.39, 0.29) is 36.6 Å². The van der Waals surface area contributed by atoms with Gasteiger partial charge in [0.2, 0.25) is 0 Å². The molecule has 2 aromatic heterocycles. The fourth-order valence-corrected chi connectivity index (χ4v) is 3.26. The van der Waals surface area contributed by atoms with Gasteiger partial charge in [0.15, 0.2) is 5.69 Å². The minimum Gasteiger partial charge on any atom is -0.350 e. The Balaban J connectivity index is 0.00000182. The number of amides is 1. The molecule has 1 saturated heterocycles. The van der Waals surface area contributed by atoms with Crippen molar-refractivity contribution in [2.45, 2.75) is 38.6 Å². The lowest BCUT2D eigenvalue weighted by atomic mass is 9.89. The SMILES string of the molecule is CC(C)C(CNC(=O)c1cn(C2CCNCC2)nn1)c1cccnc1.Cl.Cl. The number of nitrogens with one attached hydrogen (secondary N) is 2. The van der Waals surface area contributed by atoms with Crippen LogP contribution in [-0.2, 0) is 0 Å². The molecule has 1 aliphatic rings. The van der Waals surface area contributed by atoms with Gasteiger partial charge >= 0.3 is 0 Å². The van der Waals surface area contributed by atoms with E-state index in [0.717, 1.165) is 31.5 Å². The van der Waals surface area contributed by atoms with Crippen LogP contribution in [0.2, 0.25) is 0 Å². The Bertz CT molecular complexity index is 688. The molecule has 0 aromatic carbocycles. The van der Waals surface area contributed by atoms with Gasteiger partial charge in [-0.05, 0) is 43.5 Å². The number of halogens is 2. The standard InChI is InChI=1S/C18H26N6O.2ClH/c1-13(2)16(14-4-3-7-20-10-14)11-21-18(25)17-12-24(23-22-17)15-5-8-19-9-6-15;;/h3-4,7,10,12-13,15-16,19H,5-6,8-9,11H2,1-2H3,(H,21,25);2*1H. The molecular formula is C18H28Cl2N6O. The Morgan fingerprint density at radius 1 is 1.33 bits per heavy atom. The third kappa shape index (κ3) is 6.16. The van der Waals surface area contributed by atoms with Crippen molar-refractivity contribution in [1.29, 1.82) is 0 Å². The molecule has 7 nitrogen and oxygen atoms in total. The molecule has 9 heteroatoms. The number of carbonyl (C=O) groups excluding carboxylic acids is 1. The molecule has 0 aliphatic carbocycles. The molecule has 0 radical (unpaired) electrons. The molecule has 2 aromatic rings. The predicted molar refractivity (Wildman–Crippen MR) is 110 cm³/mol. The van der Waals surface area contributed by atoms with Gasteiger partial charge in [-0.15, -0.1) is 29.9 Å². The van der Waals surface area contributed by atoms with Crippen molar-refractivity contribution in [3.63, 3.8) is 0 Å². The molecule has 3 rings (SSSR count). The van der Waals surface area contributed by atoms with Crippen LogP contribution >= 0.6 is 24.8 Å². The third-order valence-corrected chi connectivity index (χ3v) is 4.83. The average molecular weight is 415 g/mol. The zero-order valence-electron chi connectivity index (χ0n) is 15.7. The number of rotatable bonds is 6. The maximum Gasteiger partial charge on any atom is 0.273 e. The van der Waals surface area contributed by atoms with Gasteiger partial charge in [0.05, 0.1) is 12.2 Å². The molecule has 1 amide bonds. The zero-order valence-corrected chi connectivity index (χ0v) is 17.3. The predicted octanol–water partition coefficient (Wildman–Crippen LogP) is 2.61. The van der Waals surface area contributed by atoms with E-state index in [1.807, 2.05) is 16.9 Å². The van der Waals surface area contributed by atoms with Crippen LogP contribution in [0.1, 0.15) is 54.7 Å². The molecule has 150 valence electrons. The van der Waals surface area contributed by atoms with Crippen LogP contribution in [0.5, 0.6) is 0 Å². The molecule has 0 bridgehead atoms.